The van der Waals surface area contributed by atoms with Crippen molar-refractivity contribution in [3.05, 3.63) is 104 Å². The van der Waals surface area contributed by atoms with E-state index in [4.69, 9.17) is 39.6 Å². The summed E-state index contributed by atoms with van der Waals surface area (Å²) in [5, 5.41) is 0.732. The molecule has 0 aliphatic heterocycles. The van der Waals surface area contributed by atoms with Gasteiger partial charge < -0.3 is 0 Å². The standard InChI is InChI=1S/C25H27ClO.5CO.W/c1-19-11-16-23(25(2,3)21-9-5-4-6-10-21)24(18-19)27-17-7-8-20-12-14-22(26)15-13-20;5*1-2;/h4-6,9-10,12-15,19,23-24H,11,16,18H2,1-3H3;;;;;;/t19-,23-,24-;;;;;;/m1....../s1. The van der Waals surface area contributed by atoms with Crippen molar-refractivity contribution in [3.63, 3.8) is 0 Å². The Hall–Kier alpha value is -2.49. The summed E-state index contributed by atoms with van der Waals surface area (Å²) in [7, 11) is 0. The molecule has 3 rings (SSSR count). The third kappa shape index (κ3) is 14.4. The van der Waals surface area contributed by atoms with Crippen LogP contribution in [0.3, 0.4) is 0 Å². The van der Waals surface area contributed by atoms with E-state index in [1.54, 1.807) is 0 Å². The molecule has 0 aromatic heterocycles. The first-order valence-electron chi connectivity index (χ1n) is 10.9. The Morgan fingerprint density at radius 1 is 0.868 bits per heavy atom. The second kappa shape index (κ2) is 24.8. The van der Waals surface area contributed by atoms with Crippen LogP contribution in [0.2, 0.25) is 5.02 Å². The van der Waals surface area contributed by atoms with Crippen molar-refractivity contribution in [2.24, 2.45) is 11.8 Å². The van der Waals surface area contributed by atoms with Gasteiger partial charge in [-0.15, -0.1) is 0 Å². The van der Waals surface area contributed by atoms with Gasteiger partial charge in [-0.25, -0.2) is 0 Å². The molecule has 1 fully saturated rings. The molecule has 0 unspecified atom stereocenters. The fraction of sp³-hybridized carbons (Fsp3) is 0.333. The summed E-state index contributed by atoms with van der Waals surface area (Å²) in [6.45, 7) is 29.6. The van der Waals surface area contributed by atoms with Gasteiger partial charge in [0.25, 0.3) is 0 Å². The van der Waals surface area contributed by atoms with Crippen LogP contribution in [0.25, 0.3) is 0 Å². The van der Waals surface area contributed by atoms with E-state index in [0.717, 1.165) is 21.1 Å². The second-order valence-corrected chi connectivity index (χ2v) is 10.1. The molecule has 38 heavy (non-hydrogen) atoms. The summed E-state index contributed by atoms with van der Waals surface area (Å²) in [5.74, 6) is 7.62. The Bertz CT molecular complexity index is 1050. The van der Waals surface area contributed by atoms with E-state index in [-0.39, 0.29) is 11.5 Å². The molecule has 0 bridgehead atoms. The van der Waals surface area contributed by atoms with E-state index in [1.807, 2.05) is 24.3 Å². The molecule has 0 N–H and O–H groups in total. The Morgan fingerprint density at radius 3 is 1.87 bits per heavy atom. The van der Waals surface area contributed by atoms with Gasteiger partial charge in [0.1, 0.15) is 0 Å². The molecule has 196 valence electrons. The second-order valence-electron chi connectivity index (χ2n) is 8.31. The summed E-state index contributed by atoms with van der Waals surface area (Å²) in [6.07, 6.45) is 3.77. The van der Waals surface area contributed by atoms with Gasteiger partial charge in [0.15, 0.2) is 0 Å². The van der Waals surface area contributed by atoms with Gasteiger partial charge in [-0.2, -0.15) is 0 Å². The third-order valence-electron chi connectivity index (χ3n) is 5.91. The molecule has 6 nitrogen and oxygen atoms in total. The van der Waals surface area contributed by atoms with E-state index >= 15 is 0 Å². The van der Waals surface area contributed by atoms with Crippen LogP contribution in [0.1, 0.15) is 51.2 Å². The quantitative estimate of drug-likeness (QED) is 0.218. The molecule has 8 heteroatoms. The average molecular weight is 703 g/mol. The number of ether oxygens (including phenoxy) is 1. The van der Waals surface area contributed by atoms with E-state index in [2.05, 4.69) is 96.2 Å². The van der Waals surface area contributed by atoms with E-state index < -0.39 is 0 Å². The number of hydrogen-bond donors (Lipinski definition) is 0. The van der Waals surface area contributed by atoms with Gasteiger partial charge in [-0.1, -0.05) is 0 Å². The predicted molar refractivity (Wildman–Crippen MR) is 134 cm³/mol. The molecule has 1 aliphatic carbocycles. The summed E-state index contributed by atoms with van der Waals surface area (Å²) in [4.78, 5) is 0. The van der Waals surface area contributed by atoms with Crippen molar-refractivity contribution in [2.75, 3.05) is 0 Å². The minimum atomic E-state index is 0.0747. The number of halogens is 1. The molecule has 2 aromatic rings. The molecule has 2 aromatic carbocycles. The molecule has 0 spiro atoms. The van der Waals surface area contributed by atoms with Crippen LogP contribution in [0.4, 0.5) is 0 Å². The Morgan fingerprint density at radius 2 is 1.37 bits per heavy atom. The van der Waals surface area contributed by atoms with Crippen LogP contribution in [-0.4, -0.2) is 10.2 Å². The number of benzene rings is 2. The fourth-order valence-electron chi connectivity index (χ4n) is 4.19. The van der Waals surface area contributed by atoms with Crippen molar-refractivity contribution < 1.29 is 47.4 Å². The molecule has 1 saturated carbocycles. The van der Waals surface area contributed by atoms with Crippen molar-refractivity contribution in [2.45, 2.75) is 51.6 Å². The van der Waals surface area contributed by atoms with Crippen LogP contribution in [0.15, 0.2) is 54.6 Å². The molecular formula is C30H27ClO6W. The molecule has 0 heterocycles. The predicted octanol–water partition coefficient (Wildman–Crippen LogP) is 5.98. The number of hydrogen-bond acceptors (Lipinski definition) is 1. The first kappa shape index (κ1) is 40.0. The summed E-state index contributed by atoms with van der Waals surface area (Å²) in [6, 6.07) is 18.5. The van der Waals surface area contributed by atoms with Crippen LogP contribution >= 0.6 is 11.6 Å². The van der Waals surface area contributed by atoms with E-state index in [1.165, 1.54) is 37.8 Å². The summed E-state index contributed by atoms with van der Waals surface area (Å²) < 4.78 is 44.9. The monoisotopic (exact) mass is 702 g/mol. The first-order chi connectivity index (χ1) is 18.4. The maximum atomic E-state index is 7.50. The van der Waals surface area contributed by atoms with Crippen molar-refractivity contribution >= 4 is 15.7 Å². The zero-order valence-corrected chi connectivity index (χ0v) is 25.0. The van der Waals surface area contributed by atoms with Crippen molar-refractivity contribution in [3.8, 4) is 11.8 Å². The van der Waals surface area contributed by atoms with Gasteiger partial charge in [-0.05, 0) is 0 Å². The van der Waals surface area contributed by atoms with Gasteiger partial charge in [0.05, 0.1) is 0 Å². The first-order valence-corrected chi connectivity index (χ1v) is 12.8. The molecule has 0 radical (unpaired) electrons. The van der Waals surface area contributed by atoms with E-state index in [9.17, 15) is 0 Å². The Kier molecular flexibility index (Phi) is 26.1. The molecular weight excluding hydrogens is 676 g/mol. The molecule has 1 aliphatic rings. The summed E-state index contributed by atoms with van der Waals surface area (Å²) in [5.41, 5.74) is 2.43. The van der Waals surface area contributed by atoms with Gasteiger partial charge in [0, 0.05) is 0 Å². The zero-order valence-electron chi connectivity index (χ0n) is 21.3. The van der Waals surface area contributed by atoms with Gasteiger partial charge in [0.2, 0.25) is 0 Å². The van der Waals surface area contributed by atoms with Crippen LogP contribution in [0, 0.1) is 56.9 Å². The van der Waals surface area contributed by atoms with Crippen LogP contribution in [-0.2, 0) is 52.8 Å². The molecule has 0 saturated heterocycles. The van der Waals surface area contributed by atoms with Crippen LogP contribution < -0.4 is 0 Å². The average Bonchev–Trinajstić information content (AvgIpc) is 2.98. The van der Waals surface area contributed by atoms with Crippen molar-refractivity contribution in [1.82, 2.24) is 0 Å². The molecule has 3 atom stereocenters. The Labute approximate surface area is 241 Å². The van der Waals surface area contributed by atoms with E-state index in [0.29, 0.717) is 11.8 Å². The van der Waals surface area contributed by atoms with Gasteiger partial charge >= 0.3 is 242 Å². The SMILES string of the molecule is C[C@@H]1CC[C@@H](C(C)(C)c2ccccc2)[C@H](O[C](=[W])C#Cc2ccc(Cl)cc2)C1.[C-]#[O+].[C-]#[O+].[C-]#[O+].[C-]#[O+].[C-]#[O+]. The molecule has 0 amide bonds. The minimum absolute atomic E-state index is 0.0747. The summed E-state index contributed by atoms with van der Waals surface area (Å²) >= 11 is 7.24. The van der Waals surface area contributed by atoms with Crippen molar-refractivity contribution in [1.29, 1.82) is 0 Å². The fourth-order valence-corrected chi connectivity index (χ4v) is 4.94. The third-order valence-corrected chi connectivity index (χ3v) is 6.87. The van der Waals surface area contributed by atoms with Gasteiger partial charge in [-0.3, -0.25) is 0 Å². The normalized spacial score (nSPS) is 16.6. The zero-order chi connectivity index (χ0) is 30.1. The maximum absolute atomic E-state index is 7.50. The Balaban J connectivity index is -0.00000110. The number of rotatable bonds is 4. The topological polar surface area (TPSA) is 109 Å². The van der Waals surface area contributed by atoms with Crippen LogP contribution in [0.5, 0.6) is 0 Å².